The van der Waals surface area contributed by atoms with Gasteiger partial charge in [0.05, 0.1) is 11.4 Å². The van der Waals surface area contributed by atoms with Crippen molar-refractivity contribution in [3.8, 4) is 11.4 Å². The Kier molecular flexibility index (Phi) is 13.0. The Morgan fingerprint density at radius 3 is 1.29 bits per heavy atom. The molecule has 0 aliphatic heterocycles. The van der Waals surface area contributed by atoms with E-state index in [-0.39, 0.29) is 20.4 Å². The summed E-state index contributed by atoms with van der Waals surface area (Å²) >= 11 is 0. The van der Waals surface area contributed by atoms with Gasteiger partial charge >= 0.3 is 20.4 Å². The summed E-state index contributed by atoms with van der Waals surface area (Å²) in [6, 6.07) is 11.6. The van der Waals surface area contributed by atoms with Crippen LogP contribution in [0.5, 0.6) is 0 Å². The summed E-state index contributed by atoms with van der Waals surface area (Å²) < 4.78 is 0. The van der Waals surface area contributed by atoms with Crippen LogP contribution in [0.4, 0.5) is 0 Å². The van der Waals surface area contributed by atoms with E-state index in [2.05, 4.69) is 9.97 Å². The number of carboxylic acid groups (broad SMARTS) is 2. The van der Waals surface area contributed by atoms with E-state index in [1.54, 1.807) is 12.4 Å². The van der Waals surface area contributed by atoms with E-state index in [0.717, 1.165) is 25.2 Å². The summed E-state index contributed by atoms with van der Waals surface area (Å²) in [5.74, 6) is -2.17. The zero-order valence-corrected chi connectivity index (χ0v) is 13.0. The molecule has 6 nitrogen and oxygen atoms in total. The maximum Gasteiger partial charge on any atom is 2.00 e. The summed E-state index contributed by atoms with van der Waals surface area (Å²) in [6.45, 7) is 1.94. The van der Waals surface area contributed by atoms with Gasteiger partial charge in [0.25, 0.3) is 0 Å². The average Bonchev–Trinajstić information content (AvgIpc) is 2.39. The molecule has 0 atom stereocenters. The quantitative estimate of drug-likeness (QED) is 0.626. The van der Waals surface area contributed by atoms with Gasteiger partial charge < -0.3 is 19.8 Å². The van der Waals surface area contributed by atoms with Crippen molar-refractivity contribution in [2.45, 2.75) is 13.8 Å². The maximum absolute atomic E-state index is 8.89. The number of hydrogen-bond donors (Lipinski definition) is 0. The van der Waals surface area contributed by atoms with E-state index < -0.39 is 11.9 Å². The largest absolute Gasteiger partial charge is 2.00 e. The van der Waals surface area contributed by atoms with Crippen molar-refractivity contribution in [1.82, 2.24) is 9.97 Å². The van der Waals surface area contributed by atoms with Gasteiger partial charge in [-0.15, -0.1) is 0 Å². The number of pyridine rings is 2. The average molecular weight is 381 g/mol. The van der Waals surface area contributed by atoms with Gasteiger partial charge in [0.2, 0.25) is 0 Å². The van der Waals surface area contributed by atoms with Crippen molar-refractivity contribution in [2.24, 2.45) is 0 Å². The fourth-order valence-corrected chi connectivity index (χ4v) is 1.03. The van der Waals surface area contributed by atoms with Crippen LogP contribution in [0.25, 0.3) is 11.4 Å². The van der Waals surface area contributed by atoms with Crippen molar-refractivity contribution in [3.05, 3.63) is 48.8 Å². The summed E-state index contributed by atoms with van der Waals surface area (Å²) in [5, 5.41) is 17.8. The molecular weight excluding hydrogens is 367 g/mol. The van der Waals surface area contributed by atoms with E-state index in [1.807, 2.05) is 36.4 Å². The summed E-state index contributed by atoms with van der Waals surface area (Å²) in [7, 11) is 0. The van der Waals surface area contributed by atoms with Crippen molar-refractivity contribution < 1.29 is 40.2 Å². The zero-order valence-electron chi connectivity index (χ0n) is 11.5. The molecule has 0 N–H and O–H groups in total. The first kappa shape index (κ1) is 21.2. The topological polar surface area (TPSA) is 106 Å². The molecule has 0 aliphatic rings. The monoisotopic (exact) mass is 380 g/mol. The van der Waals surface area contributed by atoms with Crippen LogP contribution in [0.1, 0.15) is 13.8 Å². The molecule has 0 aliphatic carbocycles. The molecule has 2 aromatic heterocycles. The summed E-state index contributed by atoms with van der Waals surface area (Å²) in [4.78, 5) is 26.2. The Hall–Kier alpha value is -2.10. The second-order valence-electron chi connectivity index (χ2n) is 3.41. The molecule has 0 bridgehead atoms. The van der Waals surface area contributed by atoms with Crippen LogP contribution >= 0.6 is 0 Å². The number of carbonyl (C=O) groups is 2. The summed E-state index contributed by atoms with van der Waals surface area (Å²) in [5.41, 5.74) is 1.83. The first-order valence-corrected chi connectivity index (χ1v) is 5.61. The van der Waals surface area contributed by atoms with Crippen molar-refractivity contribution in [2.75, 3.05) is 0 Å². The summed E-state index contributed by atoms with van der Waals surface area (Å²) in [6.07, 6.45) is 3.54. The van der Waals surface area contributed by atoms with Gasteiger partial charge in [-0.2, -0.15) is 0 Å². The van der Waals surface area contributed by atoms with Crippen LogP contribution in [-0.4, -0.2) is 21.9 Å². The molecule has 0 saturated heterocycles. The Morgan fingerprint density at radius 1 is 0.810 bits per heavy atom. The number of rotatable bonds is 1. The van der Waals surface area contributed by atoms with Gasteiger partial charge in [-0.1, -0.05) is 12.1 Å². The molecule has 21 heavy (non-hydrogen) atoms. The minimum Gasteiger partial charge on any atom is -0.550 e. The number of carboxylic acids is 2. The molecule has 2 heterocycles. The van der Waals surface area contributed by atoms with Crippen LogP contribution in [0.15, 0.2) is 48.8 Å². The van der Waals surface area contributed by atoms with Gasteiger partial charge in [-0.3, -0.25) is 9.97 Å². The van der Waals surface area contributed by atoms with Crippen LogP contribution in [0.2, 0.25) is 0 Å². The van der Waals surface area contributed by atoms with E-state index in [0.29, 0.717) is 0 Å². The SMILES string of the molecule is CC(=O)[O-].CC(=O)[O-].[Pd+2].c1ccc(-c2ccccn2)nc1. The van der Waals surface area contributed by atoms with E-state index >= 15 is 0 Å². The molecule has 2 rings (SSSR count). The standard InChI is InChI=1S/C10H8N2.2C2H4O2.Pd/c1-3-7-11-9(5-1)10-6-2-4-8-12-10;2*1-2(3)4;/h1-8H;2*1H3,(H,3,4);/q;;;+2/p-2. The predicted octanol–water partition coefficient (Wildman–Crippen LogP) is -0.346. The molecular formula is C14H14N2O4Pd. The number of hydrogen-bond acceptors (Lipinski definition) is 6. The van der Waals surface area contributed by atoms with Gasteiger partial charge in [0, 0.05) is 24.3 Å². The van der Waals surface area contributed by atoms with Crippen LogP contribution in [-0.2, 0) is 30.0 Å². The Morgan fingerprint density at radius 2 is 1.10 bits per heavy atom. The molecule has 2 aromatic rings. The van der Waals surface area contributed by atoms with Gasteiger partial charge in [0.15, 0.2) is 0 Å². The smallest absolute Gasteiger partial charge is 0.550 e. The Labute approximate surface area is 136 Å². The Balaban J connectivity index is 0. The number of nitrogens with zero attached hydrogens (tertiary/aromatic N) is 2. The van der Waals surface area contributed by atoms with Gasteiger partial charge in [-0.25, -0.2) is 0 Å². The normalized spacial score (nSPS) is 7.90. The minimum atomic E-state index is -1.08. The fraction of sp³-hybridized carbons (Fsp3) is 0.143. The molecule has 0 spiro atoms. The third kappa shape index (κ3) is 14.1. The Bertz CT molecular complexity index is 464. The number of aliphatic carboxylic acids is 2. The molecule has 7 heteroatoms. The van der Waals surface area contributed by atoms with E-state index in [1.165, 1.54) is 0 Å². The first-order chi connectivity index (χ1) is 9.43. The third-order valence-corrected chi connectivity index (χ3v) is 1.59. The molecule has 0 aromatic carbocycles. The van der Waals surface area contributed by atoms with Crippen LogP contribution < -0.4 is 10.2 Å². The molecule has 114 valence electrons. The second-order valence-corrected chi connectivity index (χ2v) is 3.41. The van der Waals surface area contributed by atoms with E-state index in [4.69, 9.17) is 19.8 Å². The minimum absolute atomic E-state index is 0. The van der Waals surface area contributed by atoms with Crippen LogP contribution in [0, 0.1) is 0 Å². The molecule has 0 radical (unpaired) electrons. The molecule has 0 saturated carbocycles. The molecule has 0 unspecified atom stereocenters. The zero-order chi connectivity index (χ0) is 15.4. The third-order valence-electron chi connectivity index (χ3n) is 1.59. The van der Waals surface area contributed by atoms with Gasteiger partial charge in [0.1, 0.15) is 0 Å². The van der Waals surface area contributed by atoms with Gasteiger partial charge in [-0.05, 0) is 38.1 Å². The molecule has 0 amide bonds. The predicted molar refractivity (Wildman–Crippen MR) is 68.8 cm³/mol. The first-order valence-electron chi connectivity index (χ1n) is 5.61. The number of carbonyl (C=O) groups excluding carboxylic acids is 2. The van der Waals surface area contributed by atoms with E-state index in [9.17, 15) is 0 Å². The van der Waals surface area contributed by atoms with Crippen molar-refractivity contribution in [3.63, 3.8) is 0 Å². The fourth-order valence-electron chi connectivity index (χ4n) is 1.03. The maximum atomic E-state index is 8.89. The van der Waals surface area contributed by atoms with Crippen LogP contribution in [0.3, 0.4) is 0 Å². The second kappa shape index (κ2) is 12.9. The van der Waals surface area contributed by atoms with Crippen molar-refractivity contribution >= 4 is 11.9 Å². The van der Waals surface area contributed by atoms with Crippen molar-refractivity contribution in [1.29, 1.82) is 0 Å². The number of aromatic nitrogens is 2. The molecule has 0 fully saturated rings.